The van der Waals surface area contributed by atoms with Gasteiger partial charge in [0.15, 0.2) is 0 Å². The summed E-state index contributed by atoms with van der Waals surface area (Å²) in [5, 5.41) is 9.07. The number of methoxy groups -OCH3 is 1. The monoisotopic (exact) mass is 260 g/mol. The van der Waals surface area contributed by atoms with Crippen molar-refractivity contribution >= 4 is 17.6 Å². The molecule has 0 aliphatic heterocycles. The number of carbonyl (C=O) groups is 1. The van der Waals surface area contributed by atoms with E-state index in [-0.39, 0.29) is 0 Å². The van der Waals surface area contributed by atoms with E-state index in [0.29, 0.717) is 21.8 Å². The van der Waals surface area contributed by atoms with Gasteiger partial charge in [0.25, 0.3) is 0 Å². The predicted molar refractivity (Wildman–Crippen MR) is 67.3 cm³/mol. The molecule has 0 unspecified atom stereocenters. The van der Waals surface area contributed by atoms with Gasteiger partial charge in [-0.3, -0.25) is 0 Å². The van der Waals surface area contributed by atoms with Gasteiger partial charge >= 0.3 is 5.97 Å². The zero-order valence-corrected chi connectivity index (χ0v) is 10.3. The van der Waals surface area contributed by atoms with E-state index < -0.39 is 5.97 Å². The Kier molecular flexibility index (Phi) is 3.35. The van der Waals surface area contributed by atoms with Crippen molar-refractivity contribution in [2.45, 2.75) is 0 Å². The summed E-state index contributed by atoms with van der Waals surface area (Å²) in [6, 6.07) is 8.75. The average molecular weight is 261 g/mol. The predicted octanol–water partition coefficient (Wildman–Crippen LogP) is 2.99. The van der Waals surface area contributed by atoms with Gasteiger partial charge in [0.2, 0.25) is 0 Å². The summed E-state index contributed by atoms with van der Waals surface area (Å²) in [5.74, 6) is -0.488. The van der Waals surface area contributed by atoms with E-state index in [2.05, 4.69) is 9.72 Å². The van der Waals surface area contributed by atoms with Crippen molar-refractivity contribution in [3.63, 3.8) is 0 Å². The van der Waals surface area contributed by atoms with Crippen molar-refractivity contribution in [1.82, 2.24) is 4.98 Å². The summed E-state index contributed by atoms with van der Waals surface area (Å²) in [6.07, 6.45) is 1.67. The Morgan fingerprint density at radius 1 is 1.50 bits per heavy atom. The molecule has 2 rings (SSSR count). The lowest BCUT2D eigenvalue weighted by Crippen LogP contribution is -2.02. The summed E-state index contributed by atoms with van der Waals surface area (Å²) in [7, 11) is 1.30. The van der Waals surface area contributed by atoms with Gasteiger partial charge in [-0.05, 0) is 12.1 Å². The lowest BCUT2D eigenvalue weighted by molar-refractivity contribution is 0.0601. The highest BCUT2D eigenvalue weighted by Crippen LogP contribution is 2.31. The largest absolute Gasteiger partial charge is 0.465 e. The number of nitrogens with one attached hydrogen (secondary N) is 1. The quantitative estimate of drug-likeness (QED) is 0.844. The number of esters is 1. The van der Waals surface area contributed by atoms with Gasteiger partial charge < -0.3 is 9.72 Å². The van der Waals surface area contributed by atoms with Crippen LogP contribution in [0.1, 0.15) is 16.1 Å². The molecule has 0 saturated carbocycles. The van der Waals surface area contributed by atoms with Gasteiger partial charge in [-0.15, -0.1) is 0 Å². The number of nitrogens with zero attached hydrogens (tertiary/aromatic N) is 1. The van der Waals surface area contributed by atoms with Gasteiger partial charge in [-0.2, -0.15) is 5.26 Å². The highest BCUT2D eigenvalue weighted by Gasteiger charge is 2.15. The molecule has 18 heavy (non-hydrogen) atoms. The fourth-order valence-corrected chi connectivity index (χ4v) is 1.95. The van der Waals surface area contributed by atoms with Crippen LogP contribution in [0.2, 0.25) is 5.02 Å². The molecule has 0 atom stereocenters. The van der Waals surface area contributed by atoms with Crippen molar-refractivity contribution in [3.05, 3.63) is 46.7 Å². The first-order valence-corrected chi connectivity index (χ1v) is 5.51. The maximum absolute atomic E-state index is 11.5. The number of rotatable bonds is 2. The third kappa shape index (κ3) is 2.08. The Morgan fingerprint density at radius 2 is 2.28 bits per heavy atom. The van der Waals surface area contributed by atoms with Crippen molar-refractivity contribution in [3.8, 4) is 17.2 Å². The van der Waals surface area contributed by atoms with Gasteiger partial charge in [-0.25, -0.2) is 4.79 Å². The lowest BCUT2D eigenvalue weighted by Gasteiger charge is -2.06. The zero-order chi connectivity index (χ0) is 13.1. The van der Waals surface area contributed by atoms with Gasteiger partial charge in [0.1, 0.15) is 11.8 Å². The number of nitriles is 1. The van der Waals surface area contributed by atoms with Crippen LogP contribution in [-0.4, -0.2) is 18.1 Å². The third-order valence-electron chi connectivity index (χ3n) is 2.52. The first-order valence-electron chi connectivity index (χ1n) is 5.13. The smallest absolute Gasteiger partial charge is 0.339 e. The highest BCUT2D eigenvalue weighted by molar-refractivity contribution is 6.36. The number of carbonyl (C=O) groups excluding carboxylic acids is 1. The average Bonchev–Trinajstić information content (AvgIpc) is 2.86. The number of aromatic amines is 1. The standard InChI is InChI=1S/C13H9ClN2O2/c1-18-13(17)11-4-2-3-10(12(11)14)8-5-9(6-15)16-7-8/h2-5,7,16H,1H3. The minimum Gasteiger partial charge on any atom is -0.465 e. The molecule has 90 valence electrons. The minimum absolute atomic E-state index is 0.302. The number of ether oxygens (including phenoxy) is 1. The van der Waals surface area contributed by atoms with Crippen LogP contribution < -0.4 is 0 Å². The van der Waals surface area contributed by atoms with Crippen LogP contribution in [0.15, 0.2) is 30.5 Å². The topological polar surface area (TPSA) is 65.9 Å². The molecule has 0 amide bonds. The molecule has 0 radical (unpaired) electrons. The molecule has 1 aromatic carbocycles. The number of hydrogen-bond acceptors (Lipinski definition) is 3. The number of benzene rings is 1. The van der Waals surface area contributed by atoms with E-state index in [1.165, 1.54) is 7.11 Å². The van der Waals surface area contributed by atoms with Crippen LogP contribution in [0.4, 0.5) is 0 Å². The highest BCUT2D eigenvalue weighted by atomic mass is 35.5. The fourth-order valence-electron chi connectivity index (χ4n) is 1.64. The second kappa shape index (κ2) is 4.94. The van der Waals surface area contributed by atoms with Crippen molar-refractivity contribution in [2.24, 2.45) is 0 Å². The Morgan fingerprint density at radius 3 is 2.89 bits per heavy atom. The van der Waals surface area contributed by atoms with Crippen molar-refractivity contribution < 1.29 is 9.53 Å². The molecule has 2 aromatic rings. The van der Waals surface area contributed by atoms with Crippen LogP contribution >= 0.6 is 11.6 Å². The fraction of sp³-hybridized carbons (Fsp3) is 0.0769. The molecule has 0 spiro atoms. The molecule has 1 N–H and O–H groups in total. The Balaban J connectivity index is 2.52. The summed E-state index contributed by atoms with van der Waals surface area (Å²) in [5.41, 5.74) is 2.17. The Hall–Kier alpha value is -2.25. The SMILES string of the molecule is COC(=O)c1cccc(-c2c[nH]c(C#N)c2)c1Cl. The molecule has 0 aliphatic carbocycles. The molecule has 1 heterocycles. The van der Waals surface area contributed by atoms with E-state index >= 15 is 0 Å². The number of aromatic nitrogens is 1. The minimum atomic E-state index is -0.488. The maximum atomic E-state index is 11.5. The molecular weight excluding hydrogens is 252 g/mol. The summed E-state index contributed by atoms with van der Waals surface area (Å²) >= 11 is 6.17. The molecule has 0 aliphatic rings. The Labute approximate surface area is 109 Å². The summed E-state index contributed by atoms with van der Waals surface area (Å²) in [4.78, 5) is 14.3. The lowest BCUT2D eigenvalue weighted by atomic mass is 10.1. The van der Waals surface area contributed by atoms with E-state index in [9.17, 15) is 4.79 Å². The molecular formula is C13H9ClN2O2. The van der Waals surface area contributed by atoms with Crippen LogP contribution in [0.25, 0.3) is 11.1 Å². The van der Waals surface area contributed by atoms with Crippen LogP contribution in [0.5, 0.6) is 0 Å². The first-order chi connectivity index (χ1) is 8.67. The molecule has 0 fully saturated rings. The third-order valence-corrected chi connectivity index (χ3v) is 2.93. The van der Waals surface area contributed by atoms with E-state index in [4.69, 9.17) is 16.9 Å². The number of halogens is 1. The molecule has 5 heteroatoms. The maximum Gasteiger partial charge on any atom is 0.339 e. The van der Waals surface area contributed by atoms with Crippen LogP contribution in [0, 0.1) is 11.3 Å². The normalized spacial score (nSPS) is 9.83. The van der Waals surface area contributed by atoms with Crippen molar-refractivity contribution in [1.29, 1.82) is 5.26 Å². The summed E-state index contributed by atoms with van der Waals surface area (Å²) < 4.78 is 4.65. The first kappa shape index (κ1) is 12.2. The molecule has 0 saturated heterocycles. The number of hydrogen-bond donors (Lipinski definition) is 1. The second-order valence-corrected chi connectivity index (χ2v) is 3.95. The van der Waals surface area contributed by atoms with Gasteiger partial charge in [0, 0.05) is 17.3 Å². The number of H-pyrrole nitrogens is 1. The molecule has 4 nitrogen and oxygen atoms in total. The van der Waals surface area contributed by atoms with Crippen LogP contribution in [0.3, 0.4) is 0 Å². The Bertz CT molecular complexity index is 641. The zero-order valence-electron chi connectivity index (χ0n) is 9.53. The molecule has 0 bridgehead atoms. The van der Waals surface area contributed by atoms with Gasteiger partial charge in [-0.1, -0.05) is 23.7 Å². The summed E-state index contributed by atoms with van der Waals surface area (Å²) in [6.45, 7) is 0. The van der Waals surface area contributed by atoms with E-state index in [0.717, 1.165) is 5.56 Å². The van der Waals surface area contributed by atoms with E-state index in [1.807, 2.05) is 6.07 Å². The molecule has 1 aromatic heterocycles. The second-order valence-electron chi connectivity index (χ2n) is 3.57. The van der Waals surface area contributed by atoms with Crippen molar-refractivity contribution in [2.75, 3.05) is 7.11 Å². The van der Waals surface area contributed by atoms with Crippen LogP contribution in [-0.2, 0) is 4.74 Å². The van der Waals surface area contributed by atoms with Gasteiger partial charge in [0.05, 0.1) is 17.7 Å². The van der Waals surface area contributed by atoms with E-state index in [1.54, 1.807) is 30.5 Å².